The third-order valence-electron chi connectivity index (χ3n) is 1.20. The van der Waals surface area contributed by atoms with Crippen molar-refractivity contribution in [3.05, 3.63) is 0 Å². The first kappa shape index (κ1) is 8.39. The summed E-state index contributed by atoms with van der Waals surface area (Å²) in [5.74, 6) is -0.854. The number of hydrogen-bond acceptors (Lipinski definition) is 4. The molecular weight excluding hydrogens is 164 g/mol. The zero-order valence-electron chi connectivity index (χ0n) is 6.20. The highest BCUT2D eigenvalue weighted by Gasteiger charge is 2.14. The van der Waals surface area contributed by atoms with Crippen molar-refractivity contribution in [2.75, 3.05) is 13.1 Å². The molecule has 2 N–H and O–H groups in total. The van der Waals surface area contributed by atoms with Crippen LogP contribution < -0.4 is 5.32 Å². The molecule has 4 nitrogen and oxygen atoms in total. The van der Waals surface area contributed by atoms with Gasteiger partial charge in [-0.25, -0.2) is 0 Å². The van der Waals surface area contributed by atoms with Gasteiger partial charge >= 0.3 is 5.97 Å². The van der Waals surface area contributed by atoms with Gasteiger partial charge in [-0.3, -0.25) is 9.79 Å². The molecule has 0 fully saturated rings. The van der Waals surface area contributed by atoms with Crippen molar-refractivity contribution < 1.29 is 9.90 Å². The Hall–Kier alpha value is -0.710. The van der Waals surface area contributed by atoms with Gasteiger partial charge in [0.15, 0.2) is 5.17 Å². The first-order chi connectivity index (χ1) is 5.18. The van der Waals surface area contributed by atoms with Crippen LogP contribution in [-0.4, -0.2) is 34.6 Å². The van der Waals surface area contributed by atoms with E-state index in [1.165, 1.54) is 0 Å². The van der Waals surface area contributed by atoms with E-state index in [0.29, 0.717) is 5.25 Å². The molecule has 0 aliphatic carbocycles. The summed E-state index contributed by atoms with van der Waals surface area (Å²) in [5, 5.41) is 12.3. The fourth-order valence-corrected chi connectivity index (χ4v) is 1.56. The number of amidine groups is 1. The van der Waals surface area contributed by atoms with E-state index >= 15 is 0 Å². The van der Waals surface area contributed by atoms with Gasteiger partial charge in [-0.15, -0.1) is 0 Å². The number of carboxylic acid groups (broad SMARTS) is 1. The van der Waals surface area contributed by atoms with Gasteiger partial charge in [-0.2, -0.15) is 0 Å². The molecule has 1 unspecified atom stereocenters. The quantitative estimate of drug-likeness (QED) is 0.625. The van der Waals surface area contributed by atoms with Crippen LogP contribution in [0.2, 0.25) is 0 Å². The number of rotatable bonds is 2. The topological polar surface area (TPSA) is 61.7 Å². The molecule has 0 aromatic rings. The maximum atomic E-state index is 10.1. The van der Waals surface area contributed by atoms with Crippen LogP contribution in [-0.2, 0) is 4.79 Å². The van der Waals surface area contributed by atoms with E-state index in [9.17, 15) is 4.79 Å². The Bertz CT molecular complexity index is 193. The maximum absolute atomic E-state index is 10.1. The molecule has 1 heterocycles. The van der Waals surface area contributed by atoms with Crippen molar-refractivity contribution >= 4 is 22.9 Å². The zero-order valence-corrected chi connectivity index (χ0v) is 7.02. The summed E-state index contributed by atoms with van der Waals surface area (Å²) in [7, 11) is 0. The molecule has 0 aromatic heterocycles. The lowest BCUT2D eigenvalue weighted by Crippen LogP contribution is -2.26. The minimum atomic E-state index is -0.854. The van der Waals surface area contributed by atoms with Gasteiger partial charge < -0.3 is 10.4 Å². The highest BCUT2D eigenvalue weighted by molar-refractivity contribution is 8.14. The van der Waals surface area contributed by atoms with Crippen molar-refractivity contribution in [3.63, 3.8) is 0 Å². The van der Waals surface area contributed by atoms with Crippen LogP contribution in [0.4, 0.5) is 0 Å². The second-order valence-corrected chi connectivity index (χ2v) is 3.75. The summed E-state index contributed by atoms with van der Waals surface area (Å²) in [6.07, 6.45) is 0. The number of carboxylic acids is 1. The summed E-state index contributed by atoms with van der Waals surface area (Å²) < 4.78 is 0. The Morgan fingerprint density at radius 2 is 2.73 bits per heavy atom. The van der Waals surface area contributed by atoms with E-state index in [1.54, 1.807) is 11.8 Å². The van der Waals surface area contributed by atoms with Crippen molar-refractivity contribution in [1.82, 2.24) is 5.32 Å². The minimum Gasteiger partial charge on any atom is -0.480 e. The molecule has 0 amide bonds. The number of aliphatic imine (C=N–C) groups is 1. The van der Waals surface area contributed by atoms with Gasteiger partial charge in [0.05, 0.1) is 6.54 Å². The average molecular weight is 174 g/mol. The molecule has 1 atom stereocenters. The molecule has 11 heavy (non-hydrogen) atoms. The van der Waals surface area contributed by atoms with Crippen LogP contribution in [0.15, 0.2) is 4.99 Å². The minimum absolute atomic E-state index is 0.0431. The smallest absolute Gasteiger partial charge is 0.322 e. The van der Waals surface area contributed by atoms with Crippen LogP contribution >= 0.6 is 11.8 Å². The Kier molecular flexibility index (Phi) is 2.76. The Balaban J connectivity index is 2.23. The number of thioether (sulfide) groups is 1. The molecule has 1 rings (SSSR count). The lowest BCUT2D eigenvalue weighted by atomic mass is 10.5. The fraction of sp³-hybridized carbons (Fsp3) is 0.667. The molecule has 1 aliphatic rings. The molecule has 0 spiro atoms. The second-order valence-electron chi connectivity index (χ2n) is 2.32. The van der Waals surface area contributed by atoms with E-state index < -0.39 is 5.97 Å². The van der Waals surface area contributed by atoms with Crippen LogP contribution in [0.25, 0.3) is 0 Å². The standard InChI is InChI=1S/C6H10N2O2S/c1-4-2-7-6(11-4)8-3-5(9)10/h4H,2-3H2,1H3,(H,7,8)(H,9,10). The van der Waals surface area contributed by atoms with Crippen molar-refractivity contribution in [2.24, 2.45) is 4.99 Å². The molecule has 1 aliphatic heterocycles. The van der Waals surface area contributed by atoms with Gasteiger partial charge in [0.1, 0.15) is 6.54 Å². The Labute approximate surface area is 69.1 Å². The van der Waals surface area contributed by atoms with Crippen LogP contribution in [0.5, 0.6) is 0 Å². The SMILES string of the molecule is CC1CN=C(NCC(=O)O)S1. The normalized spacial score (nSPS) is 23.0. The lowest BCUT2D eigenvalue weighted by Gasteiger charge is -2.01. The number of aliphatic carboxylic acids is 1. The first-order valence-corrected chi connectivity index (χ1v) is 4.23. The molecule has 0 bridgehead atoms. The van der Waals surface area contributed by atoms with Gasteiger partial charge in [0.25, 0.3) is 0 Å². The van der Waals surface area contributed by atoms with Gasteiger partial charge in [0, 0.05) is 5.25 Å². The molecule has 0 radical (unpaired) electrons. The van der Waals surface area contributed by atoms with Gasteiger partial charge in [-0.05, 0) is 0 Å². The zero-order chi connectivity index (χ0) is 8.27. The molecule has 62 valence electrons. The maximum Gasteiger partial charge on any atom is 0.322 e. The summed E-state index contributed by atoms with van der Waals surface area (Å²) in [5.41, 5.74) is 0. The number of nitrogens with zero attached hydrogens (tertiary/aromatic N) is 1. The van der Waals surface area contributed by atoms with E-state index in [0.717, 1.165) is 11.7 Å². The molecule has 5 heteroatoms. The van der Waals surface area contributed by atoms with Crippen LogP contribution in [0.1, 0.15) is 6.92 Å². The largest absolute Gasteiger partial charge is 0.480 e. The van der Waals surface area contributed by atoms with E-state index in [4.69, 9.17) is 5.11 Å². The summed E-state index contributed by atoms with van der Waals surface area (Å²) in [6, 6.07) is 0. The second kappa shape index (κ2) is 3.61. The fourth-order valence-electron chi connectivity index (χ4n) is 0.725. The number of carbonyl (C=O) groups is 1. The van der Waals surface area contributed by atoms with Gasteiger partial charge in [-0.1, -0.05) is 18.7 Å². The molecule has 0 saturated carbocycles. The summed E-state index contributed by atoms with van der Waals surface area (Å²) in [4.78, 5) is 14.2. The lowest BCUT2D eigenvalue weighted by molar-refractivity contribution is -0.135. The van der Waals surface area contributed by atoms with Crippen molar-refractivity contribution in [2.45, 2.75) is 12.2 Å². The highest BCUT2D eigenvalue weighted by Crippen LogP contribution is 2.17. The summed E-state index contributed by atoms with van der Waals surface area (Å²) >= 11 is 1.58. The number of nitrogens with one attached hydrogen (secondary N) is 1. The predicted octanol–water partition coefficient (Wildman–Crippen LogP) is 0.152. The number of hydrogen-bond donors (Lipinski definition) is 2. The Morgan fingerprint density at radius 3 is 3.18 bits per heavy atom. The van der Waals surface area contributed by atoms with E-state index in [1.807, 2.05) is 0 Å². The molecular formula is C6H10N2O2S. The highest BCUT2D eigenvalue weighted by atomic mass is 32.2. The third kappa shape index (κ3) is 2.80. The third-order valence-corrected chi connectivity index (χ3v) is 2.24. The van der Waals surface area contributed by atoms with Crippen molar-refractivity contribution in [3.8, 4) is 0 Å². The van der Waals surface area contributed by atoms with E-state index in [-0.39, 0.29) is 6.54 Å². The monoisotopic (exact) mass is 174 g/mol. The van der Waals surface area contributed by atoms with Crippen molar-refractivity contribution in [1.29, 1.82) is 0 Å². The Morgan fingerprint density at radius 1 is 2.00 bits per heavy atom. The van der Waals surface area contributed by atoms with Gasteiger partial charge in [0.2, 0.25) is 0 Å². The van der Waals surface area contributed by atoms with Crippen LogP contribution in [0, 0.1) is 0 Å². The average Bonchev–Trinajstić information content (AvgIpc) is 2.31. The molecule has 0 saturated heterocycles. The predicted molar refractivity (Wildman–Crippen MR) is 45.0 cm³/mol. The van der Waals surface area contributed by atoms with Crippen LogP contribution in [0.3, 0.4) is 0 Å². The van der Waals surface area contributed by atoms with E-state index in [2.05, 4.69) is 17.2 Å². The molecule has 0 aromatic carbocycles. The first-order valence-electron chi connectivity index (χ1n) is 3.35. The summed E-state index contributed by atoms with van der Waals surface area (Å²) in [6.45, 7) is 2.80.